The molecule has 4 rings (SSSR count). The van der Waals surface area contributed by atoms with Crippen molar-refractivity contribution in [1.29, 1.82) is 0 Å². The van der Waals surface area contributed by atoms with Crippen LogP contribution in [0.25, 0.3) is 0 Å². The molecule has 3 aliphatic rings. The average molecular weight is 437 g/mol. The lowest BCUT2D eigenvalue weighted by Crippen LogP contribution is -2.37. The van der Waals surface area contributed by atoms with Gasteiger partial charge in [-0.1, -0.05) is 43.2 Å². The lowest BCUT2D eigenvalue weighted by atomic mass is 9.87. The predicted octanol–water partition coefficient (Wildman–Crippen LogP) is 3.26. The van der Waals surface area contributed by atoms with Gasteiger partial charge in [-0.3, -0.25) is 4.79 Å². The van der Waals surface area contributed by atoms with Crippen LogP contribution in [-0.4, -0.2) is 54.3 Å². The number of carbonyl (C=O) groups excluding carboxylic acids is 1. The lowest BCUT2D eigenvalue weighted by Gasteiger charge is -2.25. The van der Waals surface area contributed by atoms with Gasteiger partial charge in [0.05, 0.1) is 24.7 Å². The first-order valence-corrected chi connectivity index (χ1v) is 13.0. The molecule has 158 valence electrons. The van der Waals surface area contributed by atoms with E-state index in [-0.39, 0.29) is 28.7 Å². The highest BCUT2D eigenvalue weighted by atomic mass is 32.2. The minimum atomic E-state index is -3.05. The van der Waals surface area contributed by atoms with E-state index < -0.39 is 9.84 Å². The Balaban J connectivity index is 1.53. The van der Waals surface area contributed by atoms with E-state index in [2.05, 4.69) is 4.99 Å². The lowest BCUT2D eigenvalue weighted by molar-refractivity contribution is -0.118. The zero-order chi connectivity index (χ0) is 20.4. The van der Waals surface area contributed by atoms with Gasteiger partial charge in [-0.15, -0.1) is 0 Å². The number of benzene rings is 1. The molecule has 0 radical (unpaired) electrons. The van der Waals surface area contributed by atoms with E-state index in [4.69, 9.17) is 4.74 Å². The number of amides is 1. The highest BCUT2D eigenvalue weighted by molar-refractivity contribution is 8.15. The smallest absolute Gasteiger partial charge is 0.248 e. The number of nitrogens with zero attached hydrogens (tertiary/aromatic N) is 2. The summed E-state index contributed by atoms with van der Waals surface area (Å²) in [5, 5.41) is 0.630. The van der Waals surface area contributed by atoms with E-state index >= 15 is 0 Å². The number of rotatable bonds is 5. The Morgan fingerprint density at radius 2 is 2.03 bits per heavy atom. The SMILES string of the molecule is COc1cccc(CN2C(=NC(=O)CC3CCCCC3)S[C@H]3CS(=O)(=O)C[C@H]32)c1. The fraction of sp³-hybridized carbons (Fsp3) is 0.619. The van der Waals surface area contributed by atoms with Gasteiger partial charge in [-0.2, -0.15) is 4.99 Å². The summed E-state index contributed by atoms with van der Waals surface area (Å²) in [6, 6.07) is 7.62. The number of amidine groups is 1. The first-order valence-electron chi connectivity index (χ1n) is 10.3. The Morgan fingerprint density at radius 1 is 1.24 bits per heavy atom. The number of sulfone groups is 1. The van der Waals surface area contributed by atoms with Crippen LogP contribution in [0.15, 0.2) is 29.3 Å². The first kappa shape index (κ1) is 20.7. The molecule has 0 spiro atoms. The number of hydrogen-bond donors (Lipinski definition) is 0. The van der Waals surface area contributed by atoms with Gasteiger partial charge in [-0.05, 0) is 36.5 Å². The molecule has 2 heterocycles. The molecule has 3 fully saturated rings. The highest BCUT2D eigenvalue weighted by Gasteiger charge is 2.48. The summed E-state index contributed by atoms with van der Waals surface area (Å²) < 4.78 is 29.6. The van der Waals surface area contributed by atoms with Gasteiger partial charge in [0.1, 0.15) is 5.75 Å². The van der Waals surface area contributed by atoms with Crippen LogP contribution in [-0.2, 0) is 21.2 Å². The molecule has 1 aromatic carbocycles. The van der Waals surface area contributed by atoms with Crippen LogP contribution in [0.1, 0.15) is 44.1 Å². The summed E-state index contributed by atoms with van der Waals surface area (Å²) in [6.07, 6.45) is 6.40. The van der Waals surface area contributed by atoms with Crippen LogP contribution in [0.2, 0.25) is 0 Å². The van der Waals surface area contributed by atoms with Gasteiger partial charge in [0.15, 0.2) is 15.0 Å². The molecule has 1 saturated carbocycles. The molecule has 2 aliphatic heterocycles. The molecule has 0 bridgehead atoms. The number of methoxy groups -OCH3 is 1. The van der Waals surface area contributed by atoms with Crippen molar-refractivity contribution < 1.29 is 17.9 Å². The maximum Gasteiger partial charge on any atom is 0.248 e. The minimum absolute atomic E-state index is 0.0492. The van der Waals surface area contributed by atoms with Crippen LogP contribution in [0.4, 0.5) is 0 Å². The second-order valence-electron chi connectivity index (χ2n) is 8.28. The minimum Gasteiger partial charge on any atom is -0.497 e. The number of hydrogen-bond acceptors (Lipinski definition) is 5. The summed E-state index contributed by atoms with van der Waals surface area (Å²) in [4.78, 5) is 19.1. The van der Waals surface area contributed by atoms with Crippen molar-refractivity contribution in [3.05, 3.63) is 29.8 Å². The maximum atomic E-state index is 12.6. The molecule has 0 aromatic heterocycles. The third-order valence-corrected chi connectivity index (χ3v) is 9.32. The average Bonchev–Trinajstić information content (AvgIpc) is 3.15. The Labute approximate surface area is 177 Å². The number of aliphatic imine (C=N–C) groups is 1. The van der Waals surface area contributed by atoms with Crippen molar-refractivity contribution in [2.75, 3.05) is 18.6 Å². The van der Waals surface area contributed by atoms with Crippen molar-refractivity contribution in [3.63, 3.8) is 0 Å². The molecule has 2 atom stereocenters. The Kier molecular flexibility index (Phi) is 6.20. The van der Waals surface area contributed by atoms with Gasteiger partial charge in [-0.25, -0.2) is 8.42 Å². The third kappa shape index (κ3) is 4.97. The molecule has 1 aliphatic carbocycles. The molecule has 29 heavy (non-hydrogen) atoms. The van der Waals surface area contributed by atoms with E-state index in [1.54, 1.807) is 7.11 Å². The fourth-order valence-electron chi connectivity index (χ4n) is 4.58. The number of ether oxygens (including phenoxy) is 1. The van der Waals surface area contributed by atoms with E-state index in [1.807, 2.05) is 29.2 Å². The summed E-state index contributed by atoms with van der Waals surface area (Å²) in [5.74, 6) is 1.42. The van der Waals surface area contributed by atoms with E-state index in [0.717, 1.165) is 24.2 Å². The molecule has 0 N–H and O–H groups in total. The van der Waals surface area contributed by atoms with Crippen molar-refractivity contribution in [1.82, 2.24) is 4.90 Å². The fourth-order valence-corrected chi connectivity index (χ4v) is 8.55. The largest absolute Gasteiger partial charge is 0.497 e. The zero-order valence-electron chi connectivity index (χ0n) is 16.7. The standard InChI is InChI=1S/C21H28N2O4S2/c1-27-17-9-5-8-16(10-17)12-23-18-13-29(25,26)14-19(18)28-21(23)22-20(24)11-15-6-3-2-4-7-15/h5,8-10,15,18-19H,2-4,6-7,11-14H2,1H3/t18-,19+/m1/s1. The van der Waals surface area contributed by atoms with Crippen LogP contribution < -0.4 is 4.74 Å². The molecule has 6 nitrogen and oxygen atoms in total. The van der Waals surface area contributed by atoms with Gasteiger partial charge in [0, 0.05) is 18.2 Å². The number of fused-ring (bicyclic) bond motifs is 1. The number of thioether (sulfide) groups is 1. The van der Waals surface area contributed by atoms with Crippen LogP contribution in [0.3, 0.4) is 0 Å². The van der Waals surface area contributed by atoms with Gasteiger partial charge >= 0.3 is 0 Å². The van der Waals surface area contributed by atoms with Crippen molar-refractivity contribution in [3.8, 4) is 5.75 Å². The topological polar surface area (TPSA) is 76.0 Å². The maximum absolute atomic E-state index is 12.6. The van der Waals surface area contributed by atoms with Crippen LogP contribution >= 0.6 is 11.8 Å². The summed E-state index contributed by atoms with van der Waals surface area (Å²) in [6.45, 7) is 0.524. The molecule has 8 heteroatoms. The highest BCUT2D eigenvalue weighted by Crippen LogP contribution is 2.39. The first-order chi connectivity index (χ1) is 13.9. The van der Waals surface area contributed by atoms with Crippen LogP contribution in [0.5, 0.6) is 5.75 Å². The van der Waals surface area contributed by atoms with Crippen molar-refractivity contribution >= 4 is 32.7 Å². The molecule has 0 unspecified atom stereocenters. The monoisotopic (exact) mass is 436 g/mol. The van der Waals surface area contributed by atoms with Crippen molar-refractivity contribution in [2.24, 2.45) is 10.9 Å². The van der Waals surface area contributed by atoms with E-state index in [1.165, 1.54) is 31.0 Å². The van der Waals surface area contributed by atoms with Crippen LogP contribution in [0, 0.1) is 5.92 Å². The van der Waals surface area contributed by atoms with Gasteiger partial charge < -0.3 is 9.64 Å². The second kappa shape index (κ2) is 8.68. The van der Waals surface area contributed by atoms with E-state index in [0.29, 0.717) is 24.1 Å². The predicted molar refractivity (Wildman–Crippen MR) is 116 cm³/mol. The second-order valence-corrected chi connectivity index (χ2v) is 11.6. The summed E-state index contributed by atoms with van der Waals surface area (Å²) >= 11 is 1.46. The Bertz CT molecular complexity index is 894. The third-order valence-electron chi connectivity index (χ3n) is 6.07. The molecular formula is C21H28N2O4S2. The molecule has 1 amide bonds. The Hall–Kier alpha value is -1.54. The normalized spacial score (nSPS) is 27.9. The Morgan fingerprint density at radius 3 is 2.79 bits per heavy atom. The molecule has 1 aromatic rings. The van der Waals surface area contributed by atoms with Crippen molar-refractivity contribution in [2.45, 2.75) is 56.4 Å². The van der Waals surface area contributed by atoms with Gasteiger partial charge in [0.25, 0.3) is 0 Å². The molecule has 2 saturated heterocycles. The summed E-state index contributed by atoms with van der Waals surface area (Å²) in [7, 11) is -1.42. The quantitative estimate of drug-likeness (QED) is 0.705. The summed E-state index contributed by atoms with van der Waals surface area (Å²) in [5.41, 5.74) is 1.02. The zero-order valence-corrected chi connectivity index (χ0v) is 18.4. The van der Waals surface area contributed by atoms with E-state index in [9.17, 15) is 13.2 Å². The van der Waals surface area contributed by atoms with Gasteiger partial charge in [0.2, 0.25) is 5.91 Å². The molecular weight excluding hydrogens is 408 g/mol. The number of carbonyl (C=O) groups is 1.